The van der Waals surface area contributed by atoms with E-state index in [1.54, 1.807) is 6.42 Å². The summed E-state index contributed by atoms with van der Waals surface area (Å²) in [6, 6.07) is 0. The minimum absolute atomic E-state index is 1.01. The van der Waals surface area contributed by atoms with Crippen LogP contribution in [0.1, 0.15) is 65.2 Å². The molecule has 4 unspecified atom stereocenters. The zero-order valence-corrected chi connectivity index (χ0v) is 12.1. The second-order valence-corrected chi connectivity index (χ2v) is 7.85. The maximum Gasteiger partial charge on any atom is -0.00999 e. The summed E-state index contributed by atoms with van der Waals surface area (Å²) in [4.78, 5) is 0. The molecule has 0 heterocycles. The van der Waals surface area contributed by atoms with Gasteiger partial charge in [-0.3, -0.25) is 0 Å². The Morgan fingerprint density at radius 3 is 2.56 bits per heavy atom. The minimum Gasteiger partial charge on any atom is -0.0663 e. The minimum atomic E-state index is 1.01. The number of rotatable bonds is 6. The Morgan fingerprint density at radius 1 is 1.17 bits per heavy atom. The van der Waals surface area contributed by atoms with Crippen LogP contribution >= 0.6 is 0 Å². The van der Waals surface area contributed by atoms with Gasteiger partial charge in [0.15, 0.2) is 0 Å². The Kier molecular flexibility index (Phi) is 2.64. The fraction of sp³-hybridized carbons (Fsp3) is 0.889. The SMILES string of the molecule is CC(C1CC1)C1CC(C2=C(CCC3CC3)C2)C1C. The van der Waals surface area contributed by atoms with E-state index < -0.39 is 0 Å². The van der Waals surface area contributed by atoms with Gasteiger partial charge in [0.2, 0.25) is 0 Å². The molecule has 4 atom stereocenters. The van der Waals surface area contributed by atoms with Crippen molar-refractivity contribution in [1.29, 1.82) is 0 Å². The van der Waals surface area contributed by atoms with Crippen LogP contribution in [-0.2, 0) is 0 Å². The van der Waals surface area contributed by atoms with E-state index in [0.29, 0.717) is 0 Å². The second kappa shape index (κ2) is 4.12. The van der Waals surface area contributed by atoms with E-state index in [0.717, 1.165) is 35.5 Å². The lowest BCUT2D eigenvalue weighted by Crippen LogP contribution is -2.39. The van der Waals surface area contributed by atoms with Gasteiger partial charge in [-0.25, -0.2) is 0 Å². The predicted molar refractivity (Wildman–Crippen MR) is 76.3 cm³/mol. The first-order valence-corrected chi connectivity index (χ1v) is 8.45. The average Bonchev–Trinajstić information content (AvgIpc) is 3.21. The van der Waals surface area contributed by atoms with Crippen molar-refractivity contribution in [1.82, 2.24) is 0 Å². The molecule has 0 radical (unpaired) electrons. The molecule has 0 aliphatic heterocycles. The van der Waals surface area contributed by atoms with Crippen molar-refractivity contribution in [2.24, 2.45) is 35.5 Å². The highest BCUT2D eigenvalue weighted by Crippen LogP contribution is 2.58. The van der Waals surface area contributed by atoms with Crippen molar-refractivity contribution in [2.45, 2.75) is 65.2 Å². The Labute approximate surface area is 112 Å². The molecule has 0 bridgehead atoms. The molecule has 0 N–H and O–H groups in total. The van der Waals surface area contributed by atoms with Crippen LogP contribution in [0, 0.1) is 35.5 Å². The quantitative estimate of drug-likeness (QED) is 0.564. The van der Waals surface area contributed by atoms with E-state index in [4.69, 9.17) is 0 Å². The van der Waals surface area contributed by atoms with E-state index in [1.807, 2.05) is 11.1 Å². The van der Waals surface area contributed by atoms with Crippen LogP contribution in [0.3, 0.4) is 0 Å². The smallest absolute Gasteiger partial charge is 0.00999 e. The summed E-state index contributed by atoms with van der Waals surface area (Å²) >= 11 is 0. The summed E-state index contributed by atoms with van der Waals surface area (Å²) in [5, 5.41) is 0. The third-order valence-electron chi connectivity index (χ3n) is 6.61. The van der Waals surface area contributed by atoms with Crippen LogP contribution in [-0.4, -0.2) is 0 Å². The lowest BCUT2D eigenvalue weighted by atomic mass is 9.59. The first-order chi connectivity index (χ1) is 8.74. The van der Waals surface area contributed by atoms with Crippen LogP contribution in [0.5, 0.6) is 0 Å². The first kappa shape index (κ1) is 11.6. The summed E-state index contributed by atoms with van der Waals surface area (Å²) in [6.45, 7) is 5.08. The Morgan fingerprint density at radius 2 is 1.94 bits per heavy atom. The van der Waals surface area contributed by atoms with Crippen molar-refractivity contribution < 1.29 is 0 Å². The van der Waals surface area contributed by atoms with Gasteiger partial charge < -0.3 is 0 Å². The van der Waals surface area contributed by atoms with Crippen LogP contribution in [0.15, 0.2) is 11.1 Å². The summed E-state index contributed by atoms with van der Waals surface area (Å²) in [6.07, 6.45) is 12.1. The molecule has 0 nitrogen and oxygen atoms in total. The molecule has 3 saturated carbocycles. The van der Waals surface area contributed by atoms with Crippen LogP contribution < -0.4 is 0 Å². The average molecular weight is 244 g/mol. The second-order valence-electron chi connectivity index (χ2n) is 7.85. The molecule has 4 aliphatic rings. The molecule has 0 aromatic heterocycles. The van der Waals surface area contributed by atoms with Gasteiger partial charge >= 0.3 is 0 Å². The molecule has 0 saturated heterocycles. The van der Waals surface area contributed by atoms with Gasteiger partial charge in [0.05, 0.1) is 0 Å². The fourth-order valence-corrected chi connectivity index (χ4v) is 4.56. The third-order valence-corrected chi connectivity index (χ3v) is 6.61. The molecule has 18 heavy (non-hydrogen) atoms. The topological polar surface area (TPSA) is 0 Å². The zero-order valence-electron chi connectivity index (χ0n) is 12.1. The van der Waals surface area contributed by atoms with E-state index in [-0.39, 0.29) is 0 Å². The molecule has 100 valence electrons. The molecule has 0 aromatic rings. The number of hydrogen-bond donors (Lipinski definition) is 0. The predicted octanol–water partition coefficient (Wildman–Crippen LogP) is 5.20. The summed E-state index contributed by atoms with van der Waals surface area (Å²) in [7, 11) is 0. The van der Waals surface area contributed by atoms with Crippen molar-refractivity contribution in [3.63, 3.8) is 0 Å². The highest BCUT2D eigenvalue weighted by atomic mass is 14.5. The summed E-state index contributed by atoms with van der Waals surface area (Å²) in [5.41, 5.74) is 3.80. The highest BCUT2D eigenvalue weighted by molar-refractivity contribution is 5.39. The van der Waals surface area contributed by atoms with Gasteiger partial charge in [-0.05, 0) is 74.0 Å². The fourth-order valence-electron chi connectivity index (χ4n) is 4.56. The molecule has 4 rings (SSSR count). The summed E-state index contributed by atoms with van der Waals surface area (Å²) < 4.78 is 0. The number of allylic oxidation sites excluding steroid dienone is 2. The van der Waals surface area contributed by atoms with Crippen molar-refractivity contribution in [2.75, 3.05) is 0 Å². The molecule has 0 amide bonds. The Bertz CT molecular complexity index is 369. The molecular formula is C18H28. The van der Waals surface area contributed by atoms with E-state index >= 15 is 0 Å². The molecular weight excluding hydrogens is 216 g/mol. The molecule has 0 heteroatoms. The van der Waals surface area contributed by atoms with E-state index in [9.17, 15) is 0 Å². The Hall–Kier alpha value is -0.260. The summed E-state index contributed by atoms with van der Waals surface area (Å²) in [5.74, 6) is 6.37. The van der Waals surface area contributed by atoms with Gasteiger partial charge in [0, 0.05) is 0 Å². The van der Waals surface area contributed by atoms with Crippen LogP contribution in [0.2, 0.25) is 0 Å². The van der Waals surface area contributed by atoms with Gasteiger partial charge in [0.1, 0.15) is 0 Å². The van der Waals surface area contributed by atoms with Crippen LogP contribution in [0.25, 0.3) is 0 Å². The normalized spacial score (nSPS) is 40.7. The largest absolute Gasteiger partial charge is 0.0663 e. The van der Waals surface area contributed by atoms with Crippen molar-refractivity contribution >= 4 is 0 Å². The highest BCUT2D eigenvalue weighted by Gasteiger charge is 2.48. The lowest BCUT2D eigenvalue weighted by Gasteiger charge is -2.46. The van der Waals surface area contributed by atoms with Crippen molar-refractivity contribution in [3.8, 4) is 0 Å². The maximum absolute atomic E-state index is 2.54. The molecule has 4 aliphatic carbocycles. The van der Waals surface area contributed by atoms with Crippen molar-refractivity contribution in [3.05, 3.63) is 11.1 Å². The van der Waals surface area contributed by atoms with Gasteiger partial charge in [-0.1, -0.05) is 37.8 Å². The molecule has 3 fully saturated rings. The van der Waals surface area contributed by atoms with Gasteiger partial charge in [-0.2, -0.15) is 0 Å². The maximum atomic E-state index is 2.54. The third kappa shape index (κ3) is 2.06. The molecule has 0 aromatic carbocycles. The van der Waals surface area contributed by atoms with Gasteiger partial charge in [-0.15, -0.1) is 0 Å². The number of hydrogen-bond acceptors (Lipinski definition) is 0. The monoisotopic (exact) mass is 244 g/mol. The van der Waals surface area contributed by atoms with Crippen LogP contribution in [0.4, 0.5) is 0 Å². The van der Waals surface area contributed by atoms with E-state index in [1.165, 1.54) is 44.9 Å². The first-order valence-electron chi connectivity index (χ1n) is 8.45. The lowest BCUT2D eigenvalue weighted by molar-refractivity contribution is 0.0592. The molecule has 0 spiro atoms. The van der Waals surface area contributed by atoms with E-state index in [2.05, 4.69) is 13.8 Å². The van der Waals surface area contributed by atoms with Gasteiger partial charge in [0.25, 0.3) is 0 Å². The zero-order chi connectivity index (χ0) is 12.3. The Balaban J connectivity index is 1.29. The standard InChI is InChI=1S/C18H28/c1-11(14-7-8-14)16-10-17(12(16)2)18-9-15(18)6-5-13-3-4-13/h11-14,16-17H,3-10H2,1-2H3.